The summed E-state index contributed by atoms with van der Waals surface area (Å²) in [5, 5.41) is 8.81. The molecule has 0 amide bonds. The summed E-state index contributed by atoms with van der Waals surface area (Å²) >= 11 is 0. The maximum Gasteiger partial charge on any atom is 0.161 e. The van der Waals surface area contributed by atoms with Crippen molar-refractivity contribution in [3.63, 3.8) is 0 Å². The number of rotatable bonds is 7. The first-order valence-corrected chi connectivity index (χ1v) is 6.52. The highest BCUT2D eigenvalue weighted by Crippen LogP contribution is 2.28. The van der Waals surface area contributed by atoms with Crippen LogP contribution in [0.4, 0.5) is 0 Å². The molecule has 0 bridgehead atoms. The summed E-state index contributed by atoms with van der Waals surface area (Å²) in [6, 6.07) is 8.01. The summed E-state index contributed by atoms with van der Waals surface area (Å²) in [4.78, 5) is 0. The average Bonchev–Trinajstić information content (AvgIpc) is 2.43. The van der Waals surface area contributed by atoms with Gasteiger partial charge in [0, 0.05) is 0 Å². The molecule has 2 N–H and O–H groups in total. The number of hydrogen-bond donors (Lipinski definition) is 1. The molecule has 0 aliphatic carbocycles. The molecule has 1 aromatic rings. The zero-order chi connectivity index (χ0) is 14.3. The van der Waals surface area contributed by atoms with E-state index in [1.807, 2.05) is 18.2 Å². The number of aryl methyl sites for hydroxylation is 1. The van der Waals surface area contributed by atoms with Gasteiger partial charge in [0.1, 0.15) is 5.54 Å². The van der Waals surface area contributed by atoms with Crippen LogP contribution in [0.1, 0.15) is 32.3 Å². The van der Waals surface area contributed by atoms with E-state index in [4.69, 9.17) is 20.5 Å². The molecule has 0 saturated heterocycles. The minimum Gasteiger partial charge on any atom is -0.493 e. The van der Waals surface area contributed by atoms with Crippen LogP contribution in [0.5, 0.6) is 11.5 Å². The first kappa shape index (κ1) is 15.3. The van der Waals surface area contributed by atoms with Gasteiger partial charge < -0.3 is 15.2 Å². The molecule has 0 radical (unpaired) electrons. The second-order valence-corrected chi connectivity index (χ2v) is 4.82. The Morgan fingerprint density at radius 1 is 1.37 bits per heavy atom. The molecule has 1 aromatic carbocycles. The molecule has 19 heavy (non-hydrogen) atoms. The maximum atomic E-state index is 8.81. The summed E-state index contributed by atoms with van der Waals surface area (Å²) in [6.07, 6.45) is 2.31. The fourth-order valence-corrected chi connectivity index (χ4v) is 1.73. The van der Waals surface area contributed by atoms with Gasteiger partial charge in [-0.05, 0) is 43.9 Å². The van der Waals surface area contributed by atoms with Gasteiger partial charge in [0.05, 0.1) is 19.8 Å². The van der Waals surface area contributed by atoms with Crippen molar-refractivity contribution in [2.45, 2.75) is 38.6 Å². The van der Waals surface area contributed by atoms with Gasteiger partial charge in [-0.15, -0.1) is 0 Å². The van der Waals surface area contributed by atoms with Gasteiger partial charge in [0.2, 0.25) is 0 Å². The Bertz CT molecular complexity index is 450. The molecule has 4 heteroatoms. The molecule has 0 aromatic heterocycles. The van der Waals surface area contributed by atoms with Crippen molar-refractivity contribution in [3.05, 3.63) is 23.8 Å². The van der Waals surface area contributed by atoms with Crippen LogP contribution in [-0.4, -0.2) is 19.3 Å². The van der Waals surface area contributed by atoms with E-state index < -0.39 is 5.54 Å². The van der Waals surface area contributed by atoms with Gasteiger partial charge in [-0.1, -0.05) is 13.0 Å². The Morgan fingerprint density at radius 3 is 2.68 bits per heavy atom. The van der Waals surface area contributed by atoms with E-state index in [1.165, 1.54) is 5.56 Å². The van der Waals surface area contributed by atoms with E-state index in [9.17, 15) is 0 Å². The molecule has 0 fully saturated rings. The summed E-state index contributed by atoms with van der Waals surface area (Å²) < 4.78 is 11.0. The van der Waals surface area contributed by atoms with Crippen LogP contribution in [0.25, 0.3) is 0 Å². The molecule has 1 unspecified atom stereocenters. The lowest BCUT2D eigenvalue weighted by Crippen LogP contribution is -2.34. The van der Waals surface area contributed by atoms with Crippen LogP contribution in [0.3, 0.4) is 0 Å². The number of nitrogens with two attached hydrogens (primary N) is 1. The minimum absolute atomic E-state index is 0.524. The summed E-state index contributed by atoms with van der Waals surface area (Å²) in [5.74, 6) is 1.48. The molecular formula is C15H22N2O2. The smallest absolute Gasteiger partial charge is 0.161 e. The molecule has 1 rings (SSSR count). The standard InChI is InChI=1S/C15H22N2O2/c1-4-12-6-7-13(14(10-12)18-3)19-9-5-8-15(2,17)11-16/h6-7,10H,4-5,8-9,17H2,1-3H3. The van der Waals surface area contributed by atoms with E-state index in [1.54, 1.807) is 14.0 Å². The van der Waals surface area contributed by atoms with Crippen LogP contribution in [0, 0.1) is 11.3 Å². The van der Waals surface area contributed by atoms with E-state index in [0.29, 0.717) is 13.0 Å². The highest BCUT2D eigenvalue weighted by molar-refractivity contribution is 5.42. The number of methoxy groups -OCH3 is 1. The van der Waals surface area contributed by atoms with E-state index in [-0.39, 0.29) is 0 Å². The second kappa shape index (κ2) is 7.01. The van der Waals surface area contributed by atoms with Crippen molar-refractivity contribution in [1.82, 2.24) is 0 Å². The largest absolute Gasteiger partial charge is 0.493 e. The van der Waals surface area contributed by atoms with Crippen molar-refractivity contribution in [2.24, 2.45) is 5.73 Å². The van der Waals surface area contributed by atoms with Crippen molar-refractivity contribution >= 4 is 0 Å². The number of nitriles is 1. The lowest BCUT2D eigenvalue weighted by molar-refractivity contribution is 0.278. The molecule has 0 heterocycles. The lowest BCUT2D eigenvalue weighted by Gasteiger charge is -2.16. The highest BCUT2D eigenvalue weighted by Gasteiger charge is 2.16. The van der Waals surface area contributed by atoms with E-state index in [2.05, 4.69) is 13.0 Å². The second-order valence-electron chi connectivity index (χ2n) is 4.82. The SMILES string of the molecule is CCc1ccc(OCCCC(C)(N)C#N)c(OC)c1. The molecule has 4 nitrogen and oxygen atoms in total. The van der Waals surface area contributed by atoms with Crippen molar-refractivity contribution in [2.75, 3.05) is 13.7 Å². The first-order chi connectivity index (χ1) is 9.02. The normalized spacial score (nSPS) is 13.4. The predicted octanol–water partition coefficient (Wildman–Crippen LogP) is 2.66. The minimum atomic E-state index is -0.778. The third-order valence-electron chi connectivity index (χ3n) is 2.99. The topological polar surface area (TPSA) is 68.3 Å². The van der Waals surface area contributed by atoms with Gasteiger partial charge in [0.25, 0.3) is 0 Å². The molecule has 104 valence electrons. The number of hydrogen-bond acceptors (Lipinski definition) is 4. The Labute approximate surface area is 115 Å². The summed E-state index contributed by atoms with van der Waals surface area (Å²) in [6.45, 7) is 4.35. The number of ether oxygens (including phenoxy) is 2. The van der Waals surface area contributed by atoms with Gasteiger partial charge in [-0.25, -0.2) is 0 Å². The van der Waals surface area contributed by atoms with Gasteiger partial charge >= 0.3 is 0 Å². The molecule has 0 spiro atoms. The molecule has 1 atom stereocenters. The van der Waals surface area contributed by atoms with Crippen molar-refractivity contribution in [3.8, 4) is 17.6 Å². The first-order valence-electron chi connectivity index (χ1n) is 6.52. The molecular weight excluding hydrogens is 240 g/mol. The summed E-state index contributed by atoms with van der Waals surface area (Å²) in [7, 11) is 1.63. The van der Waals surface area contributed by atoms with Gasteiger partial charge in [-0.2, -0.15) is 5.26 Å². The average molecular weight is 262 g/mol. The van der Waals surface area contributed by atoms with Crippen LogP contribution in [0.15, 0.2) is 18.2 Å². The third-order valence-corrected chi connectivity index (χ3v) is 2.99. The van der Waals surface area contributed by atoms with Crippen molar-refractivity contribution < 1.29 is 9.47 Å². The number of nitrogens with zero attached hydrogens (tertiary/aromatic N) is 1. The maximum absolute atomic E-state index is 8.81. The van der Waals surface area contributed by atoms with Gasteiger partial charge in [-0.3, -0.25) is 0 Å². The van der Waals surface area contributed by atoms with Crippen molar-refractivity contribution in [1.29, 1.82) is 5.26 Å². The number of benzene rings is 1. The molecule has 0 aliphatic rings. The van der Waals surface area contributed by atoms with E-state index in [0.717, 1.165) is 24.3 Å². The summed E-state index contributed by atoms with van der Waals surface area (Å²) in [5.41, 5.74) is 6.18. The Balaban J connectivity index is 2.52. The fourth-order valence-electron chi connectivity index (χ4n) is 1.73. The van der Waals surface area contributed by atoms with Crippen LogP contribution in [0.2, 0.25) is 0 Å². The molecule has 0 aliphatic heterocycles. The fraction of sp³-hybridized carbons (Fsp3) is 0.533. The Hall–Kier alpha value is -1.73. The lowest BCUT2D eigenvalue weighted by atomic mass is 10.00. The third kappa shape index (κ3) is 4.80. The Kier molecular flexibility index (Phi) is 5.65. The van der Waals surface area contributed by atoms with Gasteiger partial charge in [0.15, 0.2) is 11.5 Å². The Morgan fingerprint density at radius 2 is 2.11 bits per heavy atom. The molecule has 0 saturated carbocycles. The van der Waals surface area contributed by atoms with Crippen LogP contribution < -0.4 is 15.2 Å². The zero-order valence-electron chi connectivity index (χ0n) is 11.9. The predicted molar refractivity (Wildman–Crippen MR) is 75.3 cm³/mol. The monoisotopic (exact) mass is 262 g/mol. The quantitative estimate of drug-likeness (QED) is 0.767. The van der Waals surface area contributed by atoms with Crippen LogP contribution >= 0.6 is 0 Å². The van der Waals surface area contributed by atoms with Crippen LogP contribution in [-0.2, 0) is 6.42 Å². The highest BCUT2D eigenvalue weighted by atomic mass is 16.5. The zero-order valence-corrected chi connectivity index (χ0v) is 11.9. The van der Waals surface area contributed by atoms with E-state index >= 15 is 0 Å².